The van der Waals surface area contributed by atoms with Crippen molar-refractivity contribution in [3.63, 3.8) is 0 Å². The van der Waals surface area contributed by atoms with Crippen LogP contribution in [0.5, 0.6) is 0 Å². The number of nitrogens with one attached hydrogen (secondary N) is 2. The molecule has 1 aliphatic carbocycles. The number of aryl methyl sites for hydroxylation is 2. The fourth-order valence-electron chi connectivity index (χ4n) is 2.44. The van der Waals surface area contributed by atoms with E-state index in [1.807, 2.05) is 12.3 Å². The molecule has 5 heteroatoms. The van der Waals surface area contributed by atoms with Gasteiger partial charge in [-0.1, -0.05) is 0 Å². The van der Waals surface area contributed by atoms with Gasteiger partial charge in [0.05, 0.1) is 0 Å². The highest BCUT2D eigenvalue weighted by Gasteiger charge is 2.18. The third-order valence-corrected chi connectivity index (χ3v) is 3.27. The second-order valence-electron chi connectivity index (χ2n) is 4.62. The Labute approximate surface area is 109 Å². The first-order valence-electron chi connectivity index (χ1n) is 6.12. The van der Waals surface area contributed by atoms with Crippen LogP contribution >= 0.6 is 0 Å². The van der Waals surface area contributed by atoms with Gasteiger partial charge in [-0.2, -0.15) is 0 Å². The molecule has 0 fully saturated rings. The van der Waals surface area contributed by atoms with Crippen molar-refractivity contribution in [3.8, 4) is 11.1 Å². The molecule has 19 heavy (non-hydrogen) atoms. The zero-order chi connectivity index (χ0) is 13.4. The van der Waals surface area contributed by atoms with Crippen molar-refractivity contribution in [2.45, 2.75) is 19.8 Å². The van der Waals surface area contributed by atoms with Gasteiger partial charge in [0.1, 0.15) is 5.69 Å². The highest BCUT2D eigenvalue weighted by atomic mass is 16.2. The predicted octanol–water partition coefficient (Wildman–Crippen LogP) is 1.49. The van der Waals surface area contributed by atoms with Crippen molar-refractivity contribution in [2.24, 2.45) is 0 Å². The van der Waals surface area contributed by atoms with Crippen LogP contribution in [0.1, 0.15) is 18.2 Å². The summed E-state index contributed by atoms with van der Waals surface area (Å²) in [6, 6.07) is 3.68. The molecular weight excluding hydrogens is 242 g/mol. The number of pyridine rings is 2. The summed E-state index contributed by atoms with van der Waals surface area (Å²) in [4.78, 5) is 29.9. The minimum Gasteiger partial charge on any atom is -0.324 e. The van der Waals surface area contributed by atoms with Crippen molar-refractivity contribution >= 4 is 11.6 Å². The number of hydrogen-bond acceptors (Lipinski definition) is 3. The number of aromatic amines is 1. The maximum atomic E-state index is 11.9. The number of aromatic nitrogens is 2. The lowest BCUT2D eigenvalue weighted by Crippen LogP contribution is -2.21. The first kappa shape index (κ1) is 11.6. The Morgan fingerprint density at radius 1 is 1.37 bits per heavy atom. The Kier molecular flexibility index (Phi) is 2.67. The standard InChI is InChI=1S/C14H13N3O2/c1-8(18)16-13-6-11-10-4-5-15-7-9(10)2-3-12(11)17-14(13)19/h4-7H,2-3H2,1H3,(H,16,18)(H,17,19). The quantitative estimate of drug-likeness (QED) is 0.810. The van der Waals surface area contributed by atoms with Crippen LogP contribution in [0.15, 0.2) is 29.3 Å². The molecule has 96 valence electrons. The molecule has 0 atom stereocenters. The van der Waals surface area contributed by atoms with E-state index < -0.39 is 0 Å². The molecule has 1 amide bonds. The van der Waals surface area contributed by atoms with Crippen LogP contribution in [0, 0.1) is 0 Å². The molecule has 0 aromatic carbocycles. The fraction of sp³-hybridized carbons (Fsp3) is 0.214. The number of hydrogen-bond donors (Lipinski definition) is 2. The first-order chi connectivity index (χ1) is 9.15. The summed E-state index contributed by atoms with van der Waals surface area (Å²) in [5.74, 6) is -0.254. The van der Waals surface area contributed by atoms with Crippen molar-refractivity contribution < 1.29 is 4.79 Å². The Morgan fingerprint density at radius 2 is 2.21 bits per heavy atom. The summed E-state index contributed by atoms with van der Waals surface area (Å²) in [6.07, 6.45) is 5.23. The predicted molar refractivity (Wildman–Crippen MR) is 72.0 cm³/mol. The van der Waals surface area contributed by atoms with Crippen LogP contribution in [-0.2, 0) is 17.6 Å². The number of carbonyl (C=O) groups is 1. The number of amides is 1. The van der Waals surface area contributed by atoms with E-state index >= 15 is 0 Å². The Balaban J connectivity index is 2.18. The molecule has 0 saturated carbocycles. The molecule has 5 nitrogen and oxygen atoms in total. The van der Waals surface area contributed by atoms with Crippen LogP contribution in [0.25, 0.3) is 11.1 Å². The van der Waals surface area contributed by atoms with Gasteiger partial charge in [-0.25, -0.2) is 0 Å². The van der Waals surface area contributed by atoms with Crippen LogP contribution in [-0.4, -0.2) is 15.9 Å². The van der Waals surface area contributed by atoms with Gasteiger partial charge in [0.15, 0.2) is 0 Å². The molecule has 0 unspecified atom stereocenters. The van der Waals surface area contributed by atoms with Gasteiger partial charge < -0.3 is 10.3 Å². The van der Waals surface area contributed by atoms with Crippen molar-refractivity contribution in [2.75, 3.05) is 5.32 Å². The second kappa shape index (κ2) is 4.35. The third-order valence-electron chi connectivity index (χ3n) is 3.27. The van der Waals surface area contributed by atoms with Gasteiger partial charge in [0.25, 0.3) is 5.56 Å². The molecule has 2 N–H and O–H groups in total. The molecular formula is C14H13N3O2. The summed E-state index contributed by atoms with van der Waals surface area (Å²) in [6.45, 7) is 1.39. The van der Waals surface area contributed by atoms with E-state index in [0.29, 0.717) is 0 Å². The number of rotatable bonds is 1. The highest BCUT2D eigenvalue weighted by molar-refractivity contribution is 5.89. The van der Waals surface area contributed by atoms with Crippen LogP contribution in [0.4, 0.5) is 5.69 Å². The first-order valence-corrected chi connectivity index (χ1v) is 6.12. The maximum Gasteiger partial charge on any atom is 0.271 e. The lowest BCUT2D eigenvalue weighted by atomic mass is 9.90. The molecule has 2 heterocycles. The summed E-state index contributed by atoms with van der Waals surface area (Å²) in [7, 11) is 0. The van der Waals surface area contributed by atoms with E-state index in [1.54, 1.807) is 12.3 Å². The Morgan fingerprint density at radius 3 is 3.00 bits per heavy atom. The zero-order valence-corrected chi connectivity index (χ0v) is 10.5. The lowest BCUT2D eigenvalue weighted by molar-refractivity contribution is -0.114. The highest BCUT2D eigenvalue weighted by Crippen LogP contribution is 2.32. The lowest BCUT2D eigenvalue weighted by Gasteiger charge is -2.19. The van der Waals surface area contributed by atoms with E-state index in [9.17, 15) is 9.59 Å². The van der Waals surface area contributed by atoms with Crippen LogP contribution in [0.3, 0.4) is 0 Å². The van der Waals surface area contributed by atoms with Crippen molar-refractivity contribution in [3.05, 3.63) is 46.1 Å². The summed E-state index contributed by atoms with van der Waals surface area (Å²) in [5.41, 5.74) is 4.14. The average Bonchev–Trinajstić information content (AvgIpc) is 2.39. The molecule has 3 rings (SSSR count). The number of H-pyrrole nitrogens is 1. The maximum absolute atomic E-state index is 11.9. The van der Waals surface area contributed by atoms with Gasteiger partial charge in [-0.3, -0.25) is 14.6 Å². The van der Waals surface area contributed by atoms with E-state index in [2.05, 4.69) is 15.3 Å². The number of anilines is 1. The molecule has 0 radical (unpaired) electrons. The van der Waals surface area contributed by atoms with Gasteiger partial charge in [-0.05, 0) is 36.1 Å². The average molecular weight is 255 g/mol. The number of fused-ring (bicyclic) bond motifs is 3. The zero-order valence-electron chi connectivity index (χ0n) is 10.5. The van der Waals surface area contributed by atoms with Crippen LogP contribution < -0.4 is 10.9 Å². The third kappa shape index (κ3) is 2.03. The van der Waals surface area contributed by atoms with E-state index in [4.69, 9.17) is 0 Å². The Bertz CT molecular complexity index is 719. The van der Waals surface area contributed by atoms with E-state index in [-0.39, 0.29) is 17.2 Å². The molecule has 1 aliphatic rings. The van der Waals surface area contributed by atoms with Crippen molar-refractivity contribution in [1.82, 2.24) is 9.97 Å². The minimum absolute atomic E-state index is 0.254. The number of nitrogens with zero attached hydrogens (tertiary/aromatic N) is 1. The summed E-state index contributed by atoms with van der Waals surface area (Å²) in [5, 5.41) is 2.56. The van der Waals surface area contributed by atoms with Gasteiger partial charge in [0, 0.05) is 30.6 Å². The monoisotopic (exact) mass is 255 g/mol. The SMILES string of the molecule is CC(=O)Nc1cc2c([nH]c1=O)CCc1cnccc1-2. The Hall–Kier alpha value is -2.43. The summed E-state index contributed by atoms with van der Waals surface area (Å²) >= 11 is 0. The second-order valence-corrected chi connectivity index (χ2v) is 4.62. The topological polar surface area (TPSA) is 74.8 Å². The largest absolute Gasteiger partial charge is 0.324 e. The van der Waals surface area contributed by atoms with Gasteiger partial charge >= 0.3 is 0 Å². The van der Waals surface area contributed by atoms with Gasteiger partial charge in [0.2, 0.25) is 5.91 Å². The smallest absolute Gasteiger partial charge is 0.271 e. The van der Waals surface area contributed by atoms with Crippen molar-refractivity contribution in [1.29, 1.82) is 0 Å². The number of carbonyl (C=O) groups excluding carboxylic acids is 1. The molecule has 0 bridgehead atoms. The molecule has 2 aromatic rings. The molecule has 2 aromatic heterocycles. The van der Waals surface area contributed by atoms with Gasteiger partial charge in [-0.15, -0.1) is 0 Å². The molecule has 0 spiro atoms. The normalized spacial score (nSPS) is 12.5. The minimum atomic E-state index is -0.258. The summed E-state index contributed by atoms with van der Waals surface area (Å²) < 4.78 is 0. The van der Waals surface area contributed by atoms with E-state index in [1.165, 1.54) is 6.92 Å². The van der Waals surface area contributed by atoms with Crippen LogP contribution in [0.2, 0.25) is 0 Å². The molecule has 0 aliphatic heterocycles. The van der Waals surface area contributed by atoms with E-state index in [0.717, 1.165) is 35.2 Å². The molecule has 0 saturated heterocycles. The fourth-order valence-corrected chi connectivity index (χ4v) is 2.44.